The Bertz CT molecular complexity index is 710. The Morgan fingerprint density at radius 3 is 2.50 bits per heavy atom. The van der Waals surface area contributed by atoms with Crippen molar-refractivity contribution in [3.8, 4) is 0 Å². The summed E-state index contributed by atoms with van der Waals surface area (Å²) in [6.45, 7) is 4.65. The molecule has 2 aromatic rings. The molecule has 1 aromatic carbocycles. The van der Waals surface area contributed by atoms with Crippen LogP contribution in [-0.4, -0.2) is 41.4 Å². The average Bonchev–Trinajstić information content (AvgIpc) is 3.19. The number of likely N-dealkylation sites (tertiary alicyclic amines) is 1. The van der Waals surface area contributed by atoms with Gasteiger partial charge in [-0.3, -0.25) is 4.79 Å². The summed E-state index contributed by atoms with van der Waals surface area (Å²) >= 11 is 1.68. The minimum Gasteiger partial charge on any atom is -0.338 e. The number of thiophene rings is 1. The Kier molecular flexibility index (Phi) is 6.28. The van der Waals surface area contributed by atoms with E-state index in [0.717, 1.165) is 18.5 Å². The van der Waals surface area contributed by atoms with E-state index in [1.54, 1.807) is 16.2 Å². The van der Waals surface area contributed by atoms with Crippen LogP contribution in [0.5, 0.6) is 0 Å². The summed E-state index contributed by atoms with van der Waals surface area (Å²) in [5.74, 6) is 0.222. The zero-order valence-electron chi connectivity index (χ0n) is 15.1. The van der Waals surface area contributed by atoms with E-state index < -0.39 is 0 Å². The van der Waals surface area contributed by atoms with E-state index in [1.165, 1.54) is 4.88 Å². The molecule has 1 aliphatic heterocycles. The van der Waals surface area contributed by atoms with Crippen LogP contribution in [0.3, 0.4) is 0 Å². The molecule has 5 nitrogen and oxygen atoms in total. The van der Waals surface area contributed by atoms with Gasteiger partial charge < -0.3 is 15.1 Å². The summed E-state index contributed by atoms with van der Waals surface area (Å²) < 4.78 is 0. The molecule has 3 rings (SSSR count). The van der Waals surface area contributed by atoms with Gasteiger partial charge in [0.1, 0.15) is 0 Å². The Labute approximate surface area is 158 Å². The first-order valence-electron chi connectivity index (χ1n) is 9.09. The van der Waals surface area contributed by atoms with Crippen molar-refractivity contribution in [1.82, 2.24) is 9.80 Å². The molecule has 0 spiro atoms. The van der Waals surface area contributed by atoms with Crippen LogP contribution in [0.2, 0.25) is 0 Å². The quantitative estimate of drug-likeness (QED) is 0.862. The Balaban J connectivity index is 1.50. The van der Waals surface area contributed by atoms with Crippen molar-refractivity contribution in [2.75, 3.05) is 25.0 Å². The summed E-state index contributed by atoms with van der Waals surface area (Å²) in [5, 5.41) is 4.95. The SMILES string of the molecule is CCN(Cc1cccs1)C(=O)C1CCN(C(=O)Nc2ccccc2)CC1. The highest BCUT2D eigenvalue weighted by atomic mass is 32.1. The number of carbonyl (C=O) groups is 2. The first kappa shape index (κ1) is 18.5. The number of piperidine rings is 1. The first-order chi connectivity index (χ1) is 12.7. The summed E-state index contributed by atoms with van der Waals surface area (Å²) in [6.07, 6.45) is 1.45. The molecule has 0 saturated carbocycles. The monoisotopic (exact) mass is 371 g/mol. The van der Waals surface area contributed by atoms with E-state index >= 15 is 0 Å². The fraction of sp³-hybridized carbons (Fsp3) is 0.400. The van der Waals surface area contributed by atoms with Crippen LogP contribution in [0.4, 0.5) is 10.5 Å². The Hall–Kier alpha value is -2.34. The van der Waals surface area contributed by atoms with Gasteiger partial charge in [-0.25, -0.2) is 4.79 Å². The molecule has 0 bridgehead atoms. The normalized spacial score (nSPS) is 14.9. The molecule has 0 atom stereocenters. The lowest BCUT2D eigenvalue weighted by Crippen LogP contribution is -2.45. The van der Waals surface area contributed by atoms with Gasteiger partial charge in [0.2, 0.25) is 5.91 Å². The Morgan fingerprint density at radius 2 is 1.88 bits per heavy atom. The molecular weight excluding hydrogens is 346 g/mol. The number of rotatable bonds is 5. The second-order valence-electron chi connectivity index (χ2n) is 6.49. The number of para-hydroxylation sites is 1. The molecule has 1 aromatic heterocycles. The second kappa shape index (κ2) is 8.85. The van der Waals surface area contributed by atoms with Gasteiger partial charge in [-0.05, 0) is 43.3 Å². The smallest absolute Gasteiger partial charge is 0.321 e. The van der Waals surface area contributed by atoms with Gasteiger partial charge in [-0.2, -0.15) is 0 Å². The number of nitrogens with one attached hydrogen (secondary N) is 1. The largest absolute Gasteiger partial charge is 0.338 e. The molecule has 138 valence electrons. The maximum absolute atomic E-state index is 12.8. The number of hydrogen-bond acceptors (Lipinski definition) is 3. The lowest BCUT2D eigenvalue weighted by molar-refractivity contribution is -0.137. The van der Waals surface area contributed by atoms with Crippen molar-refractivity contribution in [3.63, 3.8) is 0 Å². The Morgan fingerprint density at radius 1 is 1.15 bits per heavy atom. The van der Waals surface area contributed by atoms with E-state index in [0.29, 0.717) is 26.2 Å². The molecule has 6 heteroatoms. The van der Waals surface area contributed by atoms with Crippen LogP contribution in [0.15, 0.2) is 47.8 Å². The van der Waals surface area contributed by atoms with Gasteiger partial charge in [-0.15, -0.1) is 11.3 Å². The third-order valence-electron chi connectivity index (χ3n) is 4.78. The third-order valence-corrected chi connectivity index (χ3v) is 5.64. The van der Waals surface area contributed by atoms with Crippen LogP contribution in [0.25, 0.3) is 0 Å². The number of anilines is 1. The highest BCUT2D eigenvalue weighted by Crippen LogP contribution is 2.22. The predicted molar refractivity (Wildman–Crippen MR) is 105 cm³/mol. The number of nitrogens with zero attached hydrogens (tertiary/aromatic N) is 2. The number of carbonyl (C=O) groups excluding carboxylic acids is 2. The maximum atomic E-state index is 12.8. The lowest BCUT2D eigenvalue weighted by Gasteiger charge is -2.34. The number of amides is 3. The van der Waals surface area contributed by atoms with Crippen molar-refractivity contribution in [2.24, 2.45) is 5.92 Å². The molecule has 1 fully saturated rings. The van der Waals surface area contributed by atoms with Crippen LogP contribution >= 0.6 is 11.3 Å². The summed E-state index contributed by atoms with van der Waals surface area (Å²) in [7, 11) is 0. The fourth-order valence-corrected chi connectivity index (χ4v) is 3.97. The number of benzene rings is 1. The molecule has 0 radical (unpaired) electrons. The van der Waals surface area contributed by atoms with Crippen molar-refractivity contribution in [1.29, 1.82) is 0 Å². The minimum absolute atomic E-state index is 0.00990. The molecular formula is C20H25N3O2S. The number of urea groups is 1. The van der Waals surface area contributed by atoms with Gasteiger partial charge in [-0.1, -0.05) is 24.3 Å². The highest BCUT2D eigenvalue weighted by Gasteiger charge is 2.30. The van der Waals surface area contributed by atoms with Gasteiger partial charge in [0.05, 0.1) is 6.54 Å². The van der Waals surface area contributed by atoms with E-state index in [2.05, 4.69) is 11.4 Å². The van der Waals surface area contributed by atoms with Crippen LogP contribution in [0.1, 0.15) is 24.6 Å². The van der Waals surface area contributed by atoms with Crippen molar-refractivity contribution >= 4 is 29.0 Å². The standard InChI is InChI=1S/C20H25N3O2S/c1-2-22(15-18-9-6-14-26-18)19(24)16-10-12-23(13-11-16)20(25)21-17-7-4-3-5-8-17/h3-9,14,16H,2,10-13,15H2,1H3,(H,21,25). The van der Waals surface area contributed by atoms with E-state index in [1.807, 2.05) is 53.6 Å². The topological polar surface area (TPSA) is 52.7 Å². The maximum Gasteiger partial charge on any atom is 0.321 e. The molecule has 1 saturated heterocycles. The van der Waals surface area contributed by atoms with Gasteiger partial charge in [0.15, 0.2) is 0 Å². The zero-order valence-corrected chi connectivity index (χ0v) is 15.9. The summed E-state index contributed by atoms with van der Waals surface area (Å²) in [4.78, 5) is 30.1. The lowest BCUT2D eigenvalue weighted by atomic mass is 9.95. The first-order valence-corrected chi connectivity index (χ1v) is 9.97. The highest BCUT2D eigenvalue weighted by molar-refractivity contribution is 7.09. The van der Waals surface area contributed by atoms with E-state index in [9.17, 15) is 9.59 Å². The molecule has 26 heavy (non-hydrogen) atoms. The predicted octanol–water partition coefficient (Wildman–Crippen LogP) is 4.04. The molecule has 2 heterocycles. The van der Waals surface area contributed by atoms with E-state index in [4.69, 9.17) is 0 Å². The second-order valence-corrected chi connectivity index (χ2v) is 7.52. The minimum atomic E-state index is -0.0898. The molecule has 1 N–H and O–H groups in total. The number of hydrogen-bond donors (Lipinski definition) is 1. The van der Waals surface area contributed by atoms with Gasteiger partial charge in [0, 0.05) is 36.1 Å². The molecule has 0 aliphatic carbocycles. The molecule has 1 aliphatic rings. The van der Waals surface area contributed by atoms with Crippen molar-refractivity contribution in [2.45, 2.75) is 26.3 Å². The van der Waals surface area contributed by atoms with Gasteiger partial charge in [0.25, 0.3) is 0 Å². The molecule has 3 amide bonds. The average molecular weight is 372 g/mol. The van der Waals surface area contributed by atoms with Crippen LogP contribution in [-0.2, 0) is 11.3 Å². The summed E-state index contributed by atoms with van der Waals surface area (Å²) in [6, 6.07) is 13.5. The van der Waals surface area contributed by atoms with E-state index in [-0.39, 0.29) is 17.9 Å². The van der Waals surface area contributed by atoms with Crippen molar-refractivity contribution < 1.29 is 9.59 Å². The zero-order chi connectivity index (χ0) is 18.4. The third kappa shape index (κ3) is 4.64. The van der Waals surface area contributed by atoms with Crippen LogP contribution in [0, 0.1) is 5.92 Å². The van der Waals surface area contributed by atoms with Crippen LogP contribution < -0.4 is 5.32 Å². The molecule has 0 unspecified atom stereocenters. The fourth-order valence-electron chi connectivity index (χ4n) is 3.25. The van der Waals surface area contributed by atoms with Gasteiger partial charge >= 0.3 is 6.03 Å². The van der Waals surface area contributed by atoms with Crippen molar-refractivity contribution in [3.05, 3.63) is 52.7 Å². The summed E-state index contributed by atoms with van der Waals surface area (Å²) in [5.41, 5.74) is 0.795.